The third-order valence-corrected chi connectivity index (χ3v) is 6.32. The number of fused-ring (bicyclic) bond motifs is 1. The molecule has 6 N–H and O–H groups in total. The summed E-state index contributed by atoms with van der Waals surface area (Å²) in [4.78, 5) is 32.0. The van der Waals surface area contributed by atoms with Crippen molar-refractivity contribution in [3.8, 4) is 11.3 Å². The highest BCUT2D eigenvalue weighted by molar-refractivity contribution is 6.59. The van der Waals surface area contributed by atoms with Crippen LogP contribution in [0.5, 0.6) is 0 Å². The maximum absolute atomic E-state index is 13.9. The van der Waals surface area contributed by atoms with Crippen LogP contribution >= 0.6 is 0 Å². The summed E-state index contributed by atoms with van der Waals surface area (Å²) >= 11 is 0. The van der Waals surface area contributed by atoms with E-state index in [1.807, 2.05) is 0 Å². The summed E-state index contributed by atoms with van der Waals surface area (Å²) in [5, 5.41) is 44.4. The van der Waals surface area contributed by atoms with E-state index in [1.54, 1.807) is 78.9 Å². The summed E-state index contributed by atoms with van der Waals surface area (Å²) in [6.45, 7) is 0. The van der Waals surface area contributed by atoms with Crippen LogP contribution in [0.4, 0.5) is 11.4 Å². The number of hydrogen-bond acceptors (Lipinski definition) is 7. The summed E-state index contributed by atoms with van der Waals surface area (Å²) in [6, 6.07) is 27.9. The standard InChI is InChI=1S/C29H23B2N3O6/c35-28(19-7-2-1-3-8-19)34-27-25(29(36)32-22-10-6-9-21(17-22)31(39)40)23-11-4-5-12-24(23)33-26(27)18-13-15-20(16-14-18)30(37)38/h1-17,37-40H,(H,32,36)(H,34,35). The molecule has 0 spiro atoms. The molecule has 1 heterocycles. The number of amides is 2. The topological polar surface area (TPSA) is 152 Å². The van der Waals surface area contributed by atoms with E-state index in [4.69, 9.17) is 4.98 Å². The molecule has 196 valence electrons. The normalized spacial score (nSPS) is 10.7. The summed E-state index contributed by atoms with van der Waals surface area (Å²) < 4.78 is 0. The van der Waals surface area contributed by atoms with E-state index in [2.05, 4.69) is 10.6 Å². The predicted octanol–water partition coefficient (Wildman–Crippen LogP) is 1.77. The van der Waals surface area contributed by atoms with E-state index in [0.29, 0.717) is 33.4 Å². The number of nitrogens with one attached hydrogen (secondary N) is 2. The Balaban J connectivity index is 1.69. The lowest BCUT2D eigenvalue weighted by atomic mass is 9.80. The van der Waals surface area contributed by atoms with Crippen molar-refractivity contribution in [3.05, 3.63) is 114 Å². The van der Waals surface area contributed by atoms with Gasteiger partial charge in [0, 0.05) is 22.2 Å². The van der Waals surface area contributed by atoms with E-state index in [0.717, 1.165) is 0 Å². The Bertz CT molecular complexity index is 1700. The highest BCUT2D eigenvalue weighted by atomic mass is 16.4. The van der Waals surface area contributed by atoms with Gasteiger partial charge in [-0.25, -0.2) is 4.98 Å². The Kier molecular flexibility index (Phi) is 7.72. The summed E-state index contributed by atoms with van der Waals surface area (Å²) in [5.74, 6) is -1.02. The number of benzene rings is 4. The van der Waals surface area contributed by atoms with Crippen LogP contribution < -0.4 is 21.6 Å². The molecule has 0 radical (unpaired) electrons. The minimum Gasteiger partial charge on any atom is -0.423 e. The van der Waals surface area contributed by atoms with Gasteiger partial charge in [-0.2, -0.15) is 0 Å². The molecule has 11 heteroatoms. The lowest BCUT2D eigenvalue weighted by Crippen LogP contribution is -2.30. The Morgan fingerprint density at radius 2 is 1.32 bits per heavy atom. The van der Waals surface area contributed by atoms with Gasteiger partial charge in [-0.1, -0.05) is 72.8 Å². The van der Waals surface area contributed by atoms with Gasteiger partial charge in [-0.05, 0) is 41.3 Å². The van der Waals surface area contributed by atoms with Crippen LogP contribution in [0.1, 0.15) is 20.7 Å². The van der Waals surface area contributed by atoms with Crippen molar-refractivity contribution >= 4 is 59.3 Å². The number of hydrogen-bond donors (Lipinski definition) is 6. The van der Waals surface area contributed by atoms with Crippen molar-refractivity contribution in [1.82, 2.24) is 4.98 Å². The van der Waals surface area contributed by atoms with Gasteiger partial charge < -0.3 is 30.7 Å². The number of carbonyl (C=O) groups excluding carboxylic acids is 2. The average molecular weight is 531 g/mol. The van der Waals surface area contributed by atoms with Crippen molar-refractivity contribution in [1.29, 1.82) is 0 Å². The zero-order valence-corrected chi connectivity index (χ0v) is 21.0. The van der Waals surface area contributed by atoms with Crippen molar-refractivity contribution in [2.24, 2.45) is 0 Å². The van der Waals surface area contributed by atoms with E-state index in [9.17, 15) is 29.7 Å². The van der Waals surface area contributed by atoms with Crippen LogP contribution in [-0.4, -0.2) is 51.1 Å². The number of anilines is 2. The number of nitrogens with zero attached hydrogens (tertiary/aromatic N) is 1. The average Bonchev–Trinajstić information content (AvgIpc) is 2.97. The zero-order valence-electron chi connectivity index (χ0n) is 21.0. The molecule has 0 saturated carbocycles. The summed E-state index contributed by atoms with van der Waals surface area (Å²) in [5.41, 5.74) is 2.77. The lowest BCUT2D eigenvalue weighted by Gasteiger charge is -2.18. The van der Waals surface area contributed by atoms with E-state index < -0.39 is 26.1 Å². The largest absolute Gasteiger partial charge is 0.488 e. The lowest BCUT2D eigenvalue weighted by molar-refractivity contribution is 0.102. The molecule has 0 bridgehead atoms. The van der Waals surface area contributed by atoms with Gasteiger partial charge in [0.25, 0.3) is 11.8 Å². The number of rotatable bonds is 7. The predicted molar refractivity (Wildman–Crippen MR) is 156 cm³/mol. The highest BCUT2D eigenvalue weighted by Crippen LogP contribution is 2.35. The van der Waals surface area contributed by atoms with E-state index >= 15 is 0 Å². The van der Waals surface area contributed by atoms with Gasteiger partial charge in [-0.3, -0.25) is 9.59 Å². The molecule has 0 aliphatic carbocycles. The molecule has 0 aliphatic heterocycles. The third-order valence-electron chi connectivity index (χ3n) is 6.32. The maximum Gasteiger partial charge on any atom is 0.488 e. The molecule has 5 aromatic rings. The van der Waals surface area contributed by atoms with Crippen molar-refractivity contribution in [2.75, 3.05) is 10.6 Å². The van der Waals surface area contributed by atoms with Gasteiger partial charge in [0.05, 0.1) is 22.5 Å². The van der Waals surface area contributed by atoms with Gasteiger partial charge in [0.2, 0.25) is 0 Å². The van der Waals surface area contributed by atoms with Crippen molar-refractivity contribution in [2.45, 2.75) is 0 Å². The van der Waals surface area contributed by atoms with Crippen LogP contribution in [0, 0.1) is 0 Å². The molecule has 0 unspecified atom stereocenters. The Morgan fingerprint density at radius 1 is 0.650 bits per heavy atom. The van der Waals surface area contributed by atoms with Crippen LogP contribution in [0.15, 0.2) is 103 Å². The molecule has 2 amide bonds. The molecular formula is C29H23B2N3O6. The summed E-state index contributed by atoms with van der Waals surface area (Å²) in [6.07, 6.45) is 0. The number of para-hydroxylation sites is 1. The molecular weight excluding hydrogens is 508 g/mol. The van der Waals surface area contributed by atoms with Crippen molar-refractivity contribution < 1.29 is 29.7 Å². The summed E-state index contributed by atoms with van der Waals surface area (Å²) in [7, 11) is -3.38. The molecule has 5 rings (SSSR count). The van der Waals surface area contributed by atoms with Gasteiger partial charge in [0.15, 0.2) is 0 Å². The molecule has 0 atom stereocenters. The van der Waals surface area contributed by atoms with E-state index in [1.165, 1.54) is 24.3 Å². The first-order chi connectivity index (χ1) is 19.3. The Labute approximate surface area is 230 Å². The second-order valence-electron chi connectivity index (χ2n) is 9.00. The first kappa shape index (κ1) is 26.8. The molecule has 0 fully saturated rings. The Hall–Kier alpha value is -4.80. The highest BCUT2D eigenvalue weighted by Gasteiger charge is 2.25. The number of carbonyl (C=O) groups is 2. The van der Waals surface area contributed by atoms with Crippen LogP contribution in [-0.2, 0) is 0 Å². The molecule has 9 nitrogen and oxygen atoms in total. The van der Waals surface area contributed by atoms with E-state index in [-0.39, 0.29) is 22.2 Å². The number of pyridine rings is 1. The monoisotopic (exact) mass is 531 g/mol. The first-order valence-corrected chi connectivity index (χ1v) is 12.3. The SMILES string of the molecule is O=C(Nc1c(-c2ccc(B(O)O)cc2)nc2ccccc2c1C(=O)Nc1cccc(B(O)O)c1)c1ccccc1. The maximum atomic E-state index is 13.9. The minimum atomic E-state index is -1.72. The fraction of sp³-hybridized carbons (Fsp3) is 0. The number of aromatic nitrogens is 1. The molecule has 0 saturated heterocycles. The fourth-order valence-corrected chi connectivity index (χ4v) is 4.34. The van der Waals surface area contributed by atoms with Crippen LogP contribution in [0.3, 0.4) is 0 Å². The van der Waals surface area contributed by atoms with Crippen molar-refractivity contribution in [3.63, 3.8) is 0 Å². The zero-order chi connectivity index (χ0) is 28.2. The molecule has 40 heavy (non-hydrogen) atoms. The molecule has 4 aromatic carbocycles. The van der Waals surface area contributed by atoms with Gasteiger partial charge >= 0.3 is 14.2 Å². The van der Waals surface area contributed by atoms with Crippen LogP contribution in [0.25, 0.3) is 22.2 Å². The smallest absolute Gasteiger partial charge is 0.423 e. The second kappa shape index (κ2) is 11.5. The van der Waals surface area contributed by atoms with Gasteiger partial charge in [-0.15, -0.1) is 0 Å². The third kappa shape index (κ3) is 5.63. The molecule has 1 aromatic heterocycles. The first-order valence-electron chi connectivity index (χ1n) is 12.3. The minimum absolute atomic E-state index is 0.145. The molecule has 0 aliphatic rings. The van der Waals surface area contributed by atoms with Crippen LogP contribution in [0.2, 0.25) is 0 Å². The fourth-order valence-electron chi connectivity index (χ4n) is 4.34. The second-order valence-corrected chi connectivity index (χ2v) is 9.00. The quantitative estimate of drug-likeness (QED) is 0.175. The Morgan fingerprint density at radius 3 is 2.02 bits per heavy atom. The van der Waals surface area contributed by atoms with Gasteiger partial charge in [0.1, 0.15) is 0 Å².